The molecule has 1 fully saturated rings. The van der Waals surface area contributed by atoms with E-state index in [1.807, 2.05) is 43.3 Å². The zero-order chi connectivity index (χ0) is 23.5. The second-order valence-corrected chi connectivity index (χ2v) is 9.92. The van der Waals surface area contributed by atoms with E-state index in [4.69, 9.17) is 4.74 Å². The number of carbonyl (C=O) groups excluding carboxylic acids is 2. The smallest absolute Gasteiger partial charge is 0.329 e. The fourth-order valence-electron chi connectivity index (χ4n) is 3.34. The van der Waals surface area contributed by atoms with Gasteiger partial charge in [0.2, 0.25) is 0 Å². The van der Waals surface area contributed by atoms with E-state index in [1.54, 1.807) is 18.2 Å². The van der Waals surface area contributed by atoms with Crippen LogP contribution in [0.1, 0.15) is 22.3 Å². The van der Waals surface area contributed by atoms with E-state index in [0.717, 1.165) is 29.4 Å². The molecular formula is C25H19FI2N2O3. The second-order valence-electron chi connectivity index (χ2n) is 7.60. The average molecular weight is 668 g/mol. The Labute approximate surface area is 218 Å². The number of urea groups is 1. The fraction of sp³-hybridized carbons (Fsp3) is 0.120. The minimum Gasteiger partial charge on any atom is -0.487 e. The maximum absolute atomic E-state index is 13.4. The summed E-state index contributed by atoms with van der Waals surface area (Å²) in [4.78, 5) is 26.4. The van der Waals surface area contributed by atoms with Crippen LogP contribution in [-0.2, 0) is 17.9 Å². The van der Waals surface area contributed by atoms with E-state index in [1.165, 1.54) is 17.0 Å². The summed E-state index contributed by atoms with van der Waals surface area (Å²) in [6.07, 6.45) is 1.66. The first-order valence-corrected chi connectivity index (χ1v) is 12.2. The van der Waals surface area contributed by atoms with Gasteiger partial charge >= 0.3 is 6.03 Å². The molecule has 1 aliphatic rings. The highest BCUT2D eigenvalue weighted by Crippen LogP contribution is 2.31. The van der Waals surface area contributed by atoms with Crippen molar-refractivity contribution in [1.82, 2.24) is 10.2 Å². The van der Waals surface area contributed by atoms with Gasteiger partial charge in [-0.05, 0) is 99.1 Å². The largest absolute Gasteiger partial charge is 0.487 e. The molecule has 1 aliphatic heterocycles. The van der Waals surface area contributed by atoms with E-state index < -0.39 is 6.03 Å². The molecule has 4 rings (SSSR count). The summed E-state index contributed by atoms with van der Waals surface area (Å²) >= 11 is 4.33. The van der Waals surface area contributed by atoms with Gasteiger partial charge in [-0.2, -0.15) is 0 Å². The van der Waals surface area contributed by atoms with Crippen molar-refractivity contribution in [2.45, 2.75) is 20.1 Å². The van der Waals surface area contributed by atoms with E-state index in [-0.39, 0.29) is 30.6 Å². The number of halogens is 3. The average Bonchev–Trinajstić information content (AvgIpc) is 3.02. The van der Waals surface area contributed by atoms with Gasteiger partial charge in [0.25, 0.3) is 5.91 Å². The Kier molecular flexibility index (Phi) is 7.32. The first-order chi connectivity index (χ1) is 15.8. The lowest BCUT2D eigenvalue weighted by atomic mass is 10.1. The molecular weight excluding hydrogens is 649 g/mol. The van der Waals surface area contributed by atoms with Gasteiger partial charge in [0.1, 0.15) is 23.9 Å². The highest BCUT2D eigenvalue weighted by Gasteiger charge is 2.33. The lowest BCUT2D eigenvalue weighted by Gasteiger charge is -2.12. The molecule has 0 aromatic heterocycles. The number of ether oxygens (including phenoxy) is 1. The van der Waals surface area contributed by atoms with Crippen LogP contribution in [0.3, 0.4) is 0 Å². The topological polar surface area (TPSA) is 58.6 Å². The van der Waals surface area contributed by atoms with Crippen LogP contribution in [0.15, 0.2) is 66.4 Å². The summed E-state index contributed by atoms with van der Waals surface area (Å²) in [6.45, 7) is 2.44. The van der Waals surface area contributed by atoms with Gasteiger partial charge < -0.3 is 10.1 Å². The number of imide groups is 1. The van der Waals surface area contributed by atoms with E-state index in [2.05, 4.69) is 50.5 Å². The van der Waals surface area contributed by atoms with Gasteiger partial charge in [-0.3, -0.25) is 9.69 Å². The van der Waals surface area contributed by atoms with Crippen LogP contribution >= 0.6 is 45.2 Å². The number of carbonyl (C=O) groups is 2. The molecule has 1 N–H and O–H groups in total. The summed E-state index contributed by atoms with van der Waals surface area (Å²) in [6, 6.07) is 17.3. The van der Waals surface area contributed by atoms with Crippen LogP contribution in [0.25, 0.3) is 6.08 Å². The van der Waals surface area contributed by atoms with Crippen molar-refractivity contribution < 1.29 is 18.7 Å². The van der Waals surface area contributed by atoms with Gasteiger partial charge in [-0.25, -0.2) is 9.18 Å². The van der Waals surface area contributed by atoms with Gasteiger partial charge in [0.05, 0.1) is 13.7 Å². The third-order valence-corrected chi connectivity index (χ3v) is 6.63. The molecule has 3 amide bonds. The second kappa shape index (κ2) is 10.2. The molecule has 1 heterocycles. The van der Waals surface area contributed by atoms with Crippen LogP contribution in [0.2, 0.25) is 0 Å². The van der Waals surface area contributed by atoms with Crippen LogP contribution < -0.4 is 10.1 Å². The van der Waals surface area contributed by atoms with E-state index in [0.29, 0.717) is 5.75 Å². The molecule has 5 nitrogen and oxygen atoms in total. The molecule has 1 saturated heterocycles. The van der Waals surface area contributed by atoms with Crippen molar-refractivity contribution in [3.63, 3.8) is 0 Å². The van der Waals surface area contributed by atoms with Gasteiger partial charge in [-0.15, -0.1) is 0 Å². The summed E-state index contributed by atoms with van der Waals surface area (Å²) in [7, 11) is 0. The minimum atomic E-state index is -0.439. The highest BCUT2D eigenvalue weighted by molar-refractivity contribution is 14.1. The molecule has 0 saturated carbocycles. The molecule has 33 heavy (non-hydrogen) atoms. The number of nitrogens with one attached hydrogen (secondary N) is 1. The number of benzene rings is 3. The number of nitrogens with zero attached hydrogens (tertiary/aromatic N) is 1. The Morgan fingerprint density at radius 1 is 1.00 bits per heavy atom. The summed E-state index contributed by atoms with van der Waals surface area (Å²) in [5, 5.41) is 2.67. The van der Waals surface area contributed by atoms with Crippen molar-refractivity contribution in [2.75, 3.05) is 0 Å². The Morgan fingerprint density at radius 3 is 2.36 bits per heavy atom. The van der Waals surface area contributed by atoms with Crippen molar-refractivity contribution in [2.24, 2.45) is 0 Å². The standard InChI is InChI=1S/C25H19FI2N2O3/c1-15-5-7-16(8-6-15)13-30-24(31)22(29-25(30)32)12-18-10-20(27)23(21(28)11-18)33-14-17-3-2-4-19(26)9-17/h2-12H,13-14H2,1H3,(H,29,32)/b22-12+. The normalized spacial score (nSPS) is 14.7. The lowest BCUT2D eigenvalue weighted by Crippen LogP contribution is -2.30. The van der Waals surface area contributed by atoms with Crippen LogP contribution in [0, 0.1) is 19.9 Å². The Bertz CT molecular complexity index is 1240. The predicted molar refractivity (Wildman–Crippen MR) is 141 cm³/mol. The van der Waals surface area contributed by atoms with Gasteiger partial charge in [0, 0.05) is 0 Å². The van der Waals surface area contributed by atoms with Crippen molar-refractivity contribution in [1.29, 1.82) is 0 Å². The van der Waals surface area contributed by atoms with E-state index in [9.17, 15) is 14.0 Å². The quantitative estimate of drug-likeness (QED) is 0.199. The number of rotatable bonds is 6. The van der Waals surface area contributed by atoms with Crippen LogP contribution in [0.4, 0.5) is 9.18 Å². The zero-order valence-electron chi connectivity index (χ0n) is 17.6. The highest BCUT2D eigenvalue weighted by atomic mass is 127. The first kappa shape index (κ1) is 23.7. The van der Waals surface area contributed by atoms with E-state index >= 15 is 0 Å². The number of hydrogen-bond donors (Lipinski definition) is 1. The minimum absolute atomic E-state index is 0.213. The van der Waals surface area contributed by atoms with Gasteiger partial charge in [-0.1, -0.05) is 42.0 Å². The SMILES string of the molecule is Cc1ccc(CN2C(=O)N/C(=C/c3cc(I)c(OCc4cccc(F)c4)c(I)c3)C2=O)cc1. The molecule has 0 spiro atoms. The molecule has 0 aliphatic carbocycles. The van der Waals surface area contributed by atoms with Crippen molar-refractivity contribution in [3.05, 3.63) is 102 Å². The van der Waals surface area contributed by atoms with Crippen LogP contribution in [-0.4, -0.2) is 16.8 Å². The lowest BCUT2D eigenvalue weighted by molar-refractivity contribution is -0.123. The molecule has 3 aromatic rings. The maximum atomic E-state index is 13.4. The third kappa shape index (κ3) is 5.72. The predicted octanol–water partition coefficient (Wildman–Crippen LogP) is 6.02. The van der Waals surface area contributed by atoms with Crippen LogP contribution in [0.5, 0.6) is 5.75 Å². The monoisotopic (exact) mass is 668 g/mol. The molecule has 0 radical (unpaired) electrons. The number of hydrogen-bond acceptors (Lipinski definition) is 3. The molecule has 8 heteroatoms. The number of amides is 3. The first-order valence-electron chi connectivity index (χ1n) is 10.1. The summed E-state index contributed by atoms with van der Waals surface area (Å²) < 4.78 is 21.0. The Hall–Kier alpha value is -2.47. The molecule has 168 valence electrons. The fourth-order valence-corrected chi connectivity index (χ4v) is 5.47. The Morgan fingerprint density at radius 2 is 1.70 bits per heavy atom. The molecule has 3 aromatic carbocycles. The zero-order valence-corrected chi connectivity index (χ0v) is 21.9. The molecule has 0 unspecified atom stereocenters. The molecule has 0 bridgehead atoms. The maximum Gasteiger partial charge on any atom is 0.329 e. The summed E-state index contributed by atoms with van der Waals surface area (Å²) in [5.74, 6) is 0.0181. The van der Waals surface area contributed by atoms with Crippen molar-refractivity contribution >= 4 is 63.2 Å². The third-order valence-electron chi connectivity index (χ3n) is 5.03. The molecule has 0 atom stereocenters. The number of aryl methyl sites for hydroxylation is 1. The van der Waals surface area contributed by atoms with Crippen molar-refractivity contribution in [3.8, 4) is 5.75 Å². The van der Waals surface area contributed by atoms with Gasteiger partial charge in [0.15, 0.2) is 0 Å². The summed E-state index contributed by atoms with van der Waals surface area (Å²) in [5.41, 5.74) is 3.73. The Balaban J connectivity index is 1.49.